The molecule has 0 atom stereocenters. The average molecular weight is 370 g/mol. The van der Waals surface area contributed by atoms with E-state index in [0.717, 1.165) is 60.9 Å². The molecule has 2 heterocycles. The van der Waals surface area contributed by atoms with Crippen LogP contribution >= 0.6 is 0 Å². The largest absolute Gasteiger partial charge is 0.345 e. The molecule has 2 saturated carbocycles. The highest BCUT2D eigenvalue weighted by atomic mass is 16.1. The molecule has 0 bridgehead atoms. The third-order valence-corrected chi connectivity index (χ3v) is 6.04. The minimum atomic E-state index is -0.264. The van der Waals surface area contributed by atoms with Gasteiger partial charge in [-0.25, -0.2) is 9.67 Å². The molecule has 0 unspecified atom stereocenters. The van der Waals surface area contributed by atoms with Crippen molar-refractivity contribution in [2.75, 3.05) is 6.54 Å². The van der Waals surface area contributed by atoms with Crippen LogP contribution in [-0.2, 0) is 5.54 Å². The smallest absolute Gasteiger partial charge is 0.252 e. The van der Waals surface area contributed by atoms with Gasteiger partial charge in [0.25, 0.3) is 5.91 Å². The maximum atomic E-state index is 13.4. The fourth-order valence-corrected chi connectivity index (χ4v) is 4.28. The van der Waals surface area contributed by atoms with Crippen LogP contribution in [0.1, 0.15) is 87.0 Å². The van der Waals surface area contributed by atoms with Crippen molar-refractivity contribution in [3.05, 3.63) is 23.0 Å². The molecule has 27 heavy (non-hydrogen) atoms. The maximum Gasteiger partial charge on any atom is 0.252 e. The lowest BCUT2D eigenvalue weighted by atomic mass is 9.96. The van der Waals surface area contributed by atoms with Crippen LogP contribution in [0.25, 0.3) is 11.0 Å². The number of aryl methyl sites for hydroxylation is 1. The molecule has 0 saturated heterocycles. The first-order valence-electron chi connectivity index (χ1n) is 10.2. The number of nitrogens with zero attached hydrogens (tertiary/aromatic N) is 3. The van der Waals surface area contributed by atoms with Gasteiger partial charge in [0.2, 0.25) is 0 Å². The molecule has 2 aromatic rings. The molecule has 6 nitrogen and oxygen atoms in total. The third kappa shape index (κ3) is 3.24. The zero-order valence-electron chi connectivity index (χ0n) is 16.9. The number of hydrogen-bond acceptors (Lipinski definition) is 4. The summed E-state index contributed by atoms with van der Waals surface area (Å²) in [6.07, 6.45) is 6.46. The van der Waals surface area contributed by atoms with E-state index >= 15 is 0 Å². The number of fused-ring (bicyclic) bond motifs is 1. The standard InChI is InChI=1S/C21H31N5O/c1-13-17-15(19(27)24-21(12-22)9-5-6-10-21)11-16(14-7-8-14)23-18(17)26(25-13)20(2,3)4/h11,14H,5-10,12,22H2,1-4H3,(H,24,27). The minimum Gasteiger partial charge on any atom is -0.345 e. The molecule has 2 fully saturated rings. The molecular weight excluding hydrogens is 338 g/mol. The van der Waals surface area contributed by atoms with Crippen LogP contribution in [0.4, 0.5) is 0 Å². The van der Waals surface area contributed by atoms with Gasteiger partial charge in [0, 0.05) is 18.2 Å². The first-order valence-corrected chi connectivity index (χ1v) is 10.2. The van der Waals surface area contributed by atoms with Gasteiger partial charge in [-0.1, -0.05) is 12.8 Å². The Bertz CT molecular complexity index is 882. The number of hydrogen-bond donors (Lipinski definition) is 2. The highest BCUT2D eigenvalue weighted by Gasteiger charge is 2.36. The SMILES string of the molecule is Cc1nn(C(C)(C)C)c2nc(C3CC3)cc(C(=O)NC3(CN)CCCC3)c12. The number of pyridine rings is 1. The summed E-state index contributed by atoms with van der Waals surface area (Å²) < 4.78 is 1.97. The molecule has 6 heteroatoms. The first-order chi connectivity index (χ1) is 12.7. The van der Waals surface area contributed by atoms with Crippen LogP contribution in [0.5, 0.6) is 0 Å². The number of amides is 1. The molecule has 0 aliphatic heterocycles. The summed E-state index contributed by atoms with van der Waals surface area (Å²) in [5.74, 6) is 0.438. The van der Waals surface area contributed by atoms with E-state index in [2.05, 4.69) is 26.1 Å². The second-order valence-electron chi connectivity index (χ2n) is 9.38. The number of rotatable bonds is 4. The summed E-state index contributed by atoms with van der Waals surface area (Å²) in [7, 11) is 0. The van der Waals surface area contributed by atoms with E-state index in [1.165, 1.54) is 0 Å². The normalized spacial score (nSPS) is 19.6. The van der Waals surface area contributed by atoms with Crippen LogP contribution in [0.2, 0.25) is 0 Å². The highest BCUT2D eigenvalue weighted by molar-refractivity contribution is 6.07. The molecule has 4 rings (SSSR count). The molecule has 0 aromatic carbocycles. The van der Waals surface area contributed by atoms with Crippen molar-refractivity contribution in [2.45, 2.75) is 83.2 Å². The Morgan fingerprint density at radius 2 is 2.00 bits per heavy atom. The van der Waals surface area contributed by atoms with Gasteiger partial charge in [0.05, 0.1) is 27.7 Å². The summed E-state index contributed by atoms with van der Waals surface area (Å²) in [5.41, 5.74) is 8.98. The topological polar surface area (TPSA) is 85.8 Å². The monoisotopic (exact) mass is 369 g/mol. The van der Waals surface area contributed by atoms with Crippen LogP contribution in [-0.4, -0.2) is 32.8 Å². The van der Waals surface area contributed by atoms with Gasteiger partial charge in [0.1, 0.15) is 0 Å². The first kappa shape index (κ1) is 18.4. The summed E-state index contributed by atoms with van der Waals surface area (Å²) in [6, 6.07) is 2.00. The molecule has 3 N–H and O–H groups in total. The van der Waals surface area contributed by atoms with Gasteiger partial charge in [-0.2, -0.15) is 5.10 Å². The number of nitrogens with one attached hydrogen (secondary N) is 1. The highest BCUT2D eigenvalue weighted by Crippen LogP contribution is 2.41. The molecule has 2 aliphatic rings. The number of carbonyl (C=O) groups excluding carboxylic acids is 1. The number of carbonyl (C=O) groups is 1. The Morgan fingerprint density at radius 1 is 1.33 bits per heavy atom. The zero-order chi connectivity index (χ0) is 19.4. The Labute approximate surface area is 160 Å². The molecule has 2 aromatic heterocycles. The Morgan fingerprint density at radius 3 is 2.56 bits per heavy atom. The van der Waals surface area contributed by atoms with Crippen molar-refractivity contribution in [1.82, 2.24) is 20.1 Å². The van der Waals surface area contributed by atoms with Gasteiger partial charge in [0.15, 0.2) is 5.65 Å². The van der Waals surface area contributed by atoms with E-state index in [-0.39, 0.29) is 17.0 Å². The van der Waals surface area contributed by atoms with E-state index in [0.29, 0.717) is 18.0 Å². The summed E-state index contributed by atoms with van der Waals surface area (Å²) in [6.45, 7) is 8.81. The minimum absolute atomic E-state index is 0.0341. The summed E-state index contributed by atoms with van der Waals surface area (Å²) in [5, 5.41) is 8.90. The molecule has 1 amide bonds. The predicted molar refractivity (Wildman–Crippen MR) is 107 cm³/mol. The zero-order valence-corrected chi connectivity index (χ0v) is 16.9. The van der Waals surface area contributed by atoms with Gasteiger partial charge in [-0.15, -0.1) is 0 Å². The Hall–Kier alpha value is -1.95. The summed E-state index contributed by atoms with van der Waals surface area (Å²) >= 11 is 0. The Kier molecular flexibility index (Phi) is 4.29. The quantitative estimate of drug-likeness (QED) is 0.865. The van der Waals surface area contributed by atoms with Crippen molar-refractivity contribution in [1.29, 1.82) is 0 Å². The second kappa shape index (κ2) is 6.30. The third-order valence-electron chi connectivity index (χ3n) is 6.04. The van der Waals surface area contributed by atoms with Crippen LogP contribution in [0, 0.1) is 6.92 Å². The second-order valence-corrected chi connectivity index (χ2v) is 9.38. The molecule has 2 aliphatic carbocycles. The van der Waals surface area contributed by atoms with E-state index < -0.39 is 0 Å². The summed E-state index contributed by atoms with van der Waals surface area (Å²) in [4.78, 5) is 18.3. The van der Waals surface area contributed by atoms with Crippen molar-refractivity contribution in [2.24, 2.45) is 5.73 Å². The predicted octanol–water partition coefficient (Wildman–Crippen LogP) is 3.37. The van der Waals surface area contributed by atoms with E-state index in [1.54, 1.807) is 0 Å². The Balaban J connectivity index is 1.84. The lowest BCUT2D eigenvalue weighted by Gasteiger charge is -2.29. The van der Waals surface area contributed by atoms with Crippen LogP contribution in [0.3, 0.4) is 0 Å². The van der Waals surface area contributed by atoms with Crippen LogP contribution < -0.4 is 11.1 Å². The average Bonchev–Trinajstić information content (AvgIpc) is 3.27. The van der Waals surface area contributed by atoms with Gasteiger partial charge in [-0.3, -0.25) is 4.79 Å². The van der Waals surface area contributed by atoms with Crippen molar-refractivity contribution < 1.29 is 4.79 Å². The molecule has 0 spiro atoms. The maximum absolute atomic E-state index is 13.4. The molecule has 0 radical (unpaired) electrons. The fourth-order valence-electron chi connectivity index (χ4n) is 4.28. The molecular formula is C21H31N5O. The van der Waals surface area contributed by atoms with Gasteiger partial charge >= 0.3 is 0 Å². The fraction of sp³-hybridized carbons (Fsp3) is 0.667. The lowest BCUT2D eigenvalue weighted by Crippen LogP contribution is -2.51. The van der Waals surface area contributed by atoms with Crippen molar-refractivity contribution in [3.8, 4) is 0 Å². The number of nitrogens with two attached hydrogens (primary N) is 1. The van der Waals surface area contributed by atoms with E-state index in [9.17, 15) is 4.79 Å². The van der Waals surface area contributed by atoms with E-state index in [1.807, 2.05) is 17.7 Å². The van der Waals surface area contributed by atoms with Crippen molar-refractivity contribution in [3.63, 3.8) is 0 Å². The molecule has 146 valence electrons. The van der Waals surface area contributed by atoms with Crippen molar-refractivity contribution >= 4 is 16.9 Å². The van der Waals surface area contributed by atoms with Crippen LogP contribution in [0.15, 0.2) is 6.07 Å². The van der Waals surface area contributed by atoms with Gasteiger partial charge < -0.3 is 11.1 Å². The number of aromatic nitrogens is 3. The van der Waals surface area contributed by atoms with Gasteiger partial charge in [-0.05, 0) is 59.4 Å². The lowest BCUT2D eigenvalue weighted by molar-refractivity contribution is 0.0904. The van der Waals surface area contributed by atoms with E-state index in [4.69, 9.17) is 15.8 Å².